The van der Waals surface area contributed by atoms with Crippen molar-refractivity contribution in [3.63, 3.8) is 0 Å². The molecule has 2 rings (SSSR count). The van der Waals surface area contributed by atoms with Crippen LogP contribution in [0.1, 0.15) is 18.5 Å². The lowest BCUT2D eigenvalue weighted by molar-refractivity contribution is -0.135. The highest BCUT2D eigenvalue weighted by atomic mass is 35.5. The molecule has 1 unspecified atom stereocenters. The second kappa shape index (κ2) is 6.50. The Hall–Kier alpha value is -2.20. The fourth-order valence-electron chi connectivity index (χ4n) is 2.24. The number of hydrogen-bond donors (Lipinski definition) is 2. The van der Waals surface area contributed by atoms with Gasteiger partial charge in [0.15, 0.2) is 0 Å². The molecule has 5 heteroatoms. The maximum atomic E-state index is 11.1. The van der Waals surface area contributed by atoms with Gasteiger partial charge in [0.2, 0.25) is 0 Å². The molecule has 1 atom stereocenters. The Morgan fingerprint density at radius 3 is 2.38 bits per heavy atom. The molecule has 0 aliphatic carbocycles. The van der Waals surface area contributed by atoms with Crippen molar-refractivity contribution in [1.29, 1.82) is 0 Å². The molecular weight excluding hydrogens is 290 g/mol. The summed E-state index contributed by atoms with van der Waals surface area (Å²) in [6.07, 6.45) is 0. The number of carbonyl (C=O) groups is 1. The molecule has 0 spiro atoms. The van der Waals surface area contributed by atoms with Gasteiger partial charge in [-0.2, -0.15) is 0 Å². The maximum Gasteiger partial charge on any atom is 0.323 e. The molecular formula is C16H16ClNO3. The predicted octanol–water partition coefficient (Wildman–Crippen LogP) is 3.70. The summed E-state index contributed by atoms with van der Waals surface area (Å²) in [5.41, 5.74) is 1.41. The van der Waals surface area contributed by atoms with Crippen LogP contribution in [-0.4, -0.2) is 22.7 Å². The molecule has 2 aromatic rings. The number of halogens is 1. The number of phenolic OH excluding ortho intramolecular Hbond substituents is 1. The Kier molecular flexibility index (Phi) is 4.70. The Balaban J connectivity index is 2.38. The van der Waals surface area contributed by atoms with E-state index < -0.39 is 5.97 Å². The molecule has 0 aliphatic heterocycles. The van der Waals surface area contributed by atoms with Gasteiger partial charge in [0.25, 0.3) is 0 Å². The van der Waals surface area contributed by atoms with E-state index in [1.807, 2.05) is 13.0 Å². The molecule has 0 saturated carbocycles. The SMILES string of the molecule is CC(c1ccccc1O)N(CC(=O)O)c1ccc(Cl)cc1. The standard InChI is InChI=1S/C16H16ClNO3/c1-11(14-4-2-3-5-15(14)19)18(10-16(20)21)13-8-6-12(17)7-9-13/h2-9,11,19H,10H2,1H3,(H,20,21). The molecule has 0 bridgehead atoms. The average molecular weight is 306 g/mol. The lowest BCUT2D eigenvalue weighted by Crippen LogP contribution is -2.32. The van der Waals surface area contributed by atoms with Crippen LogP contribution in [0.5, 0.6) is 5.75 Å². The van der Waals surface area contributed by atoms with Gasteiger partial charge in [-0.3, -0.25) is 4.79 Å². The highest BCUT2D eigenvalue weighted by Gasteiger charge is 2.21. The number of rotatable bonds is 5. The Morgan fingerprint density at radius 2 is 1.81 bits per heavy atom. The van der Waals surface area contributed by atoms with E-state index in [0.29, 0.717) is 10.6 Å². The first-order valence-electron chi connectivity index (χ1n) is 6.51. The first-order chi connectivity index (χ1) is 9.99. The number of carboxylic acids is 1. The van der Waals surface area contributed by atoms with Crippen molar-refractivity contribution in [1.82, 2.24) is 0 Å². The number of aromatic hydroxyl groups is 1. The third-order valence-corrected chi connectivity index (χ3v) is 3.57. The first-order valence-corrected chi connectivity index (χ1v) is 6.88. The molecule has 0 saturated heterocycles. The first kappa shape index (κ1) is 15.2. The summed E-state index contributed by atoms with van der Waals surface area (Å²) in [6.45, 7) is 1.68. The minimum Gasteiger partial charge on any atom is -0.508 e. The molecule has 110 valence electrons. The van der Waals surface area contributed by atoms with E-state index in [2.05, 4.69) is 0 Å². The maximum absolute atomic E-state index is 11.1. The van der Waals surface area contributed by atoms with E-state index in [1.54, 1.807) is 47.4 Å². The van der Waals surface area contributed by atoms with Crippen LogP contribution in [0.25, 0.3) is 0 Å². The van der Waals surface area contributed by atoms with E-state index in [9.17, 15) is 9.90 Å². The highest BCUT2D eigenvalue weighted by Crippen LogP contribution is 2.32. The van der Waals surface area contributed by atoms with Gasteiger partial charge in [-0.05, 0) is 37.3 Å². The van der Waals surface area contributed by atoms with Crippen LogP contribution < -0.4 is 4.90 Å². The van der Waals surface area contributed by atoms with Gasteiger partial charge in [-0.15, -0.1) is 0 Å². The molecule has 0 heterocycles. The number of aliphatic carboxylic acids is 1. The molecule has 2 aromatic carbocycles. The van der Waals surface area contributed by atoms with E-state index in [4.69, 9.17) is 16.7 Å². The lowest BCUT2D eigenvalue weighted by Gasteiger charge is -2.30. The molecule has 0 aliphatic rings. The minimum absolute atomic E-state index is 0.148. The van der Waals surface area contributed by atoms with Gasteiger partial charge in [0.05, 0.1) is 6.04 Å². The summed E-state index contributed by atoms with van der Waals surface area (Å²) in [4.78, 5) is 12.8. The highest BCUT2D eigenvalue weighted by molar-refractivity contribution is 6.30. The van der Waals surface area contributed by atoms with Crippen molar-refractivity contribution in [2.75, 3.05) is 11.4 Å². The van der Waals surface area contributed by atoms with E-state index >= 15 is 0 Å². The zero-order valence-corrected chi connectivity index (χ0v) is 12.3. The molecule has 21 heavy (non-hydrogen) atoms. The Labute approximate surface area is 128 Å². The van der Waals surface area contributed by atoms with Crippen molar-refractivity contribution < 1.29 is 15.0 Å². The zero-order chi connectivity index (χ0) is 15.4. The number of hydrogen-bond acceptors (Lipinski definition) is 3. The van der Waals surface area contributed by atoms with Crippen LogP contribution in [-0.2, 0) is 4.79 Å². The van der Waals surface area contributed by atoms with Gasteiger partial charge in [0.1, 0.15) is 12.3 Å². The molecule has 0 amide bonds. The summed E-state index contributed by atoms with van der Waals surface area (Å²) >= 11 is 5.87. The van der Waals surface area contributed by atoms with Crippen LogP contribution in [0, 0.1) is 0 Å². The van der Waals surface area contributed by atoms with Crippen molar-refractivity contribution in [2.24, 2.45) is 0 Å². The second-order valence-corrected chi connectivity index (χ2v) is 5.17. The van der Waals surface area contributed by atoms with Crippen molar-refractivity contribution in [3.8, 4) is 5.75 Å². The normalized spacial score (nSPS) is 11.9. The molecule has 0 aromatic heterocycles. The van der Waals surface area contributed by atoms with E-state index in [-0.39, 0.29) is 18.3 Å². The molecule has 0 radical (unpaired) electrons. The number of anilines is 1. The van der Waals surface area contributed by atoms with Gasteiger partial charge in [-0.25, -0.2) is 0 Å². The van der Waals surface area contributed by atoms with Crippen molar-refractivity contribution in [3.05, 3.63) is 59.1 Å². The van der Waals surface area contributed by atoms with Crippen LogP contribution in [0.3, 0.4) is 0 Å². The number of carboxylic acid groups (broad SMARTS) is 1. The molecule has 4 nitrogen and oxygen atoms in total. The summed E-state index contributed by atoms with van der Waals surface area (Å²) < 4.78 is 0. The number of phenols is 1. The van der Waals surface area contributed by atoms with Gasteiger partial charge in [0, 0.05) is 16.3 Å². The van der Waals surface area contributed by atoms with Crippen LogP contribution in [0.4, 0.5) is 5.69 Å². The summed E-state index contributed by atoms with van der Waals surface area (Å²) in [7, 11) is 0. The van der Waals surface area contributed by atoms with Gasteiger partial charge in [-0.1, -0.05) is 29.8 Å². The summed E-state index contributed by atoms with van der Waals surface area (Å²) in [6, 6.07) is 13.6. The summed E-state index contributed by atoms with van der Waals surface area (Å²) in [5, 5.41) is 19.7. The van der Waals surface area contributed by atoms with Crippen LogP contribution in [0.2, 0.25) is 5.02 Å². The zero-order valence-electron chi connectivity index (χ0n) is 11.5. The van der Waals surface area contributed by atoms with Crippen molar-refractivity contribution in [2.45, 2.75) is 13.0 Å². The monoisotopic (exact) mass is 305 g/mol. The fourth-order valence-corrected chi connectivity index (χ4v) is 2.36. The van der Waals surface area contributed by atoms with E-state index in [0.717, 1.165) is 5.69 Å². The molecule has 2 N–H and O–H groups in total. The third-order valence-electron chi connectivity index (χ3n) is 3.32. The van der Waals surface area contributed by atoms with Gasteiger partial charge < -0.3 is 15.1 Å². The Morgan fingerprint density at radius 1 is 1.19 bits per heavy atom. The lowest BCUT2D eigenvalue weighted by atomic mass is 10.0. The quantitative estimate of drug-likeness (QED) is 0.884. The Bertz CT molecular complexity index is 628. The largest absolute Gasteiger partial charge is 0.508 e. The van der Waals surface area contributed by atoms with Gasteiger partial charge >= 0.3 is 5.97 Å². The minimum atomic E-state index is -0.938. The third kappa shape index (κ3) is 3.67. The average Bonchev–Trinajstić information content (AvgIpc) is 2.45. The second-order valence-electron chi connectivity index (χ2n) is 4.73. The topological polar surface area (TPSA) is 60.8 Å². The number of nitrogens with zero attached hydrogens (tertiary/aromatic N) is 1. The molecule has 0 fully saturated rings. The smallest absolute Gasteiger partial charge is 0.323 e. The number of para-hydroxylation sites is 1. The van der Waals surface area contributed by atoms with Crippen LogP contribution in [0.15, 0.2) is 48.5 Å². The van der Waals surface area contributed by atoms with Crippen LogP contribution >= 0.6 is 11.6 Å². The summed E-state index contributed by atoms with van der Waals surface area (Å²) in [5.74, 6) is -0.790. The van der Waals surface area contributed by atoms with Crippen molar-refractivity contribution >= 4 is 23.3 Å². The predicted molar refractivity (Wildman–Crippen MR) is 83.0 cm³/mol. The fraction of sp³-hybridized carbons (Fsp3) is 0.188. The number of benzene rings is 2. The van der Waals surface area contributed by atoms with E-state index in [1.165, 1.54) is 0 Å².